The van der Waals surface area contributed by atoms with Gasteiger partial charge in [0.2, 0.25) is 0 Å². The maximum absolute atomic E-state index is 9.06. The van der Waals surface area contributed by atoms with Crippen LogP contribution in [0.4, 0.5) is 0 Å². The second kappa shape index (κ2) is 5.61. The summed E-state index contributed by atoms with van der Waals surface area (Å²) in [6.07, 6.45) is 7.72. The third-order valence-electron chi connectivity index (χ3n) is 3.00. The Morgan fingerprint density at radius 1 is 1.23 bits per heavy atom. The Balaban J connectivity index is 1.84. The van der Waals surface area contributed by atoms with E-state index >= 15 is 0 Å². The van der Waals surface area contributed by atoms with Crippen LogP contribution >= 0.6 is 0 Å². The Morgan fingerprint density at radius 2 is 2.00 bits per heavy atom. The van der Waals surface area contributed by atoms with Gasteiger partial charge in [0.05, 0.1) is 0 Å². The molecular weight excluding hydrogens is 162 g/mol. The van der Waals surface area contributed by atoms with Crippen LogP contribution in [0.25, 0.3) is 0 Å². The molecule has 13 heavy (non-hydrogen) atoms. The van der Waals surface area contributed by atoms with Crippen LogP contribution in [0.2, 0.25) is 0 Å². The SMILES string of the molecule is CCCCCCNCC1(CO)CC1. The lowest BCUT2D eigenvalue weighted by Gasteiger charge is -2.12. The van der Waals surface area contributed by atoms with Gasteiger partial charge in [-0.2, -0.15) is 0 Å². The van der Waals surface area contributed by atoms with Gasteiger partial charge in [0.1, 0.15) is 0 Å². The van der Waals surface area contributed by atoms with E-state index in [0.29, 0.717) is 6.61 Å². The van der Waals surface area contributed by atoms with Gasteiger partial charge in [-0.25, -0.2) is 0 Å². The Kier molecular flexibility index (Phi) is 4.74. The fraction of sp³-hybridized carbons (Fsp3) is 1.00. The molecule has 2 heteroatoms. The molecule has 0 atom stereocenters. The Hall–Kier alpha value is -0.0800. The number of rotatable bonds is 8. The molecule has 0 bridgehead atoms. The van der Waals surface area contributed by atoms with Gasteiger partial charge in [-0.1, -0.05) is 26.2 Å². The van der Waals surface area contributed by atoms with E-state index < -0.39 is 0 Å². The standard InChI is InChI=1S/C11H23NO/c1-2-3-4-5-8-12-9-11(10-13)6-7-11/h12-13H,2-10H2,1H3. The first-order chi connectivity index (χ1) is 6.33. The molecule has 0 aromatic heterocycles. The quantitative estimate of drug-likeness (QED) is 0.566. The topological polar surface area (TPSA) is 32.3 Å². The van der Waals surface area contributed by atoms with Crippen molar-refractivity contribution in [3.8, 4) is 0 Å². The first kappa shape index (κ1) is 11.0. The predicted molar refractivity (Wildman–Crippen MR) is 55.8 cm³/mol. The lowest BCUT2D eigenvalue weighted by Crippen LogP contribution is -2.27. The van der Waals surface area contributed by atoms with E-state index in [1.165, 1.54) is 38.5 Å². The molecule has 0 spiro atoms. The van der Waals surface area contributed by atoms with Crippen LogP contribution in [0.5, 0.6) is 0 Å². The first-order valence-corrected chi connectivity index (χ1v) is 5.64. The molecule has 0 heterocycles. The van der Waals surface area contributed by atoms with Gasteiger partial charge in [-0.05, 0) is 25.8 Å². The number of hydrogen-bond donors (Lipinski definition) is 2. The first-order valence-electron chi connectivity index (χ1n) is 5.64. The van der Waals surface area contributed by atoms with Gasteiger partial charge in [0.25, 0.3) is 0 Å². The van der Waals surface area contributed by atoms with Crippen molar-refractivity contribution in [1.29, 1.82) is 0 Å². The molecule has 0 saturated heterocycles. The third kappa shape index (κ3) is 4.10. The molecular formula is C11H23NO. The summed E-state index contributed by atoms with van der Waals surface area (Å²) >= 11 is 0. The highest BCUT2D eigenvalue weighted by Crippen LogP contribution is 2.44. The minimum absolute atomic E-state index is 0.282. The second-order valence-electron chi connectivity index (χ2n) is 4.40. The lowest BCUT2D eigenvalue weighted by molar-refractivity contribution is 0.208. The smallest absolute Gasteiger partial charge is 0.0499 e. The molecule has 1 aliphatic rings. The predicted octanol–water partition coefficient (Wildman–Crippen LogP) is 1.93. The molecule has 1 fully saturated rings. The molecule has 2 nitrogen and oxygen atoms in total. The van der Waals surface area contributed by atoms with Crippen LogP contribution in [0.1, 0.15) is 45.4 Å². The van der Waals surface area contributed by atoms with Crippen molar-refractivity contribution in [2.24, 2.45) is 5.41 Å². The summed E-state index contributed by atoms with van der Waals surface area (Å²) in [7, 11) is 0. The largest absolute Gasteiger partial charge is 0.396 e. The number of aliphatic hydroxyl groups excluding tert-OH is 1. The van der Waals surface area contributed by atoms with Crippen LogP contribution in [-0.4, -0.2) is 24.8 Å². The van der Waals surface area contributed by atoms with Gasteiger partial charge < -0.3 is 10.4 Å². The molecule has 0 aliphatic heterocycles. The highest BCUT2D eigenvalue weighted by atomic mass is 16.3. The molecule has 0 aromatic carbocycles. The van der Waals surface area contributed by atoms with Crippen molar-refractivity contribution in [3.05, 3.63) is 0 Å². The van der Waals surface area contributed by atoms with Gasteiger partial charge in [0, 0.05) is 18.6 Å². The van der Waals surface area contributed by atoms with E-state index in [0.717, 1.165) is 13.1 Å². The van der Waals surface area contributed by atoms with Crippen LogP contribution in [0.15, 0.2) is 0 Å². The fourth-order valence-corrected chi connectivity index (χ4v) is 1.60. The Labute approximate surface area is 81.7 Å². The summed E-state index contributed by atoms with van der Waals surface area (Å²) in [4.78, 5) is 0. The van der Waals surface area contributed by atoms with E-state index in [2.05, 4.69) is 12.2 Å². The van der Waals surface area contributed by atoms with Crippen LogP contribution < -0.4 is 5.32 Å². The summed E-state index contributed by atoms with van der Waals surface area (Å²) in [6, 6.07) is 0. The summed E-state index contributed by atoms with van der Waals surface area (Å²) in [5.74, 6) is 0. The van der Waals surface area contributed by atoms with Crippen LogP contribution in [0, 0.1) is 5.41 Å². The Bertz CT molecular complexity index is 132. The van der Waals surface area contributed by atoms with Crippen molar-refractivity contribution in [2.75, 3.05) is 19.7 Å². The second-order valence-corrected chi connectivity index (χ2v) is 4.40. The normalized spacial score (nSPS) is 18.9. The summed E-state index contributed by atoms with van der Waals surface area (Å²) in [5.41, 5.74) is 0.282. The van der Waals surface area contributed by atoms with Crippen molar-refractivity contribution in [2.45, 2.75) is 45.4 Å². The molecule has 0 aromatic rings. The molecule has 0 unspecified atom stereocenters. The maximum Gasteiger partial charge on any atom is 0.0499 e. The third-order valence-corrected chi connectivity index (χ3v) is 3.00. The van der Waals surface area contributed by atoms with Crippen molar-refractivity contribution < 1.29 is 5.11 Å². The average Bonchev–Trinajstić information content (AvgIpc) is 2.92. The summed E-state index contributed by atoms with van der Waals surface area (Å²) in [5, 5.41) is 12.5. The van der Waals surface area contributed by atoms with E-state index in [4.69, 9.17) is 5.11 Å². The van der Waals surface area contributed by atoms with Gasteiger partial charge in [-0.15, -0.1) is 0 Å². The fourth-order valence-electron chi connectivity index (χ4n) is 1.60. The summed E-state index contributed by atoms with van der Waals surface area (Å²) < 4.78 is 0. The number of aliphatic hydroxyl groups is 1. The molecule has 1 saturated carbocycles. The highest BCUT2D eigenvalue weighted by molar-refractivity contribution is 4.94. The number of hydrogen-bond acceptors (Lipinski definition) is 2. The van der Waals surface area contributed by atoms with E-state index in [1.807, 2.05) is 0 Å². The number of unbranched alkanes of at least 4 members (excludes halogenated alkanes) is 3. The minimum Gasteiger partial charge on any atom is -0.396 e. The minimum atomic E-state index is 0.282. The summed E-state index contributed by atoms with van der Waals surface area (Å²) in [6.45, 7) is 4.75. The van der Waals surface area contributed by atoms with E-state index in [1.54, 1.807) is 0 Å². The monoisotopic (exact) mass is 185 g/mol. The molecule has 1 aliphatic carbocycles. The molecule has 2 N–H and O–H groups in total. The van der Waals surface area contributed by atoms with Crippen molar-refractivity contribution in [3.63, 3.8) is 0 Å². The zero-order valence-electron chi connectivity index (χ0n) is 8.81. The van der Waals surface area contributed by atoms with E-state index in [9.17, 15) is 0 Å². The highest BCUT2D eigenvalue weighted by Gasteiger charge is 2.41. The number of nitrogens with one attached hydrogen (secondary N) is 1. The van der Waals surface area contributed by atoms with E-state index in [-0.39, 0.29) is 5.41 Å². The molecule has 0 amide bonds. The van der Waals surface area contributed by atoms with Crippen molar-refractivity contribution in [1.82, 2.24) is 5.32 Å². The average molecular weight is 185 g/mol. The zero-order chi connectivity index (χ0) is 9.57. The maximum atomic E-state index is 9.06. The zero-order valence-corrected chi connectivity index (χ0v) is 8.81. The molecule has 1 rings (SSSR count). The van der Waals surface area contributed by atoms with Crippen LogP contribution in [-0.2, 0) is 0 Å². The lowest BCUT2D eigenvalue weighted by atomic mass is 10.1. The van der Waals surface area contributed by atoms with Gasteiger partial charge in [-0.3, -0.25) is 0 Å². The molecule has 0 radical (unpaired) electrons. The van der Waals surface area contributed by atoms with Gasteiger partial charge >= 0.3 is 0 Å². The van der Waals surface area contributed by atoms with Crippen molar-refractivity contribution >= 4 is 0 Å². The van der Waals surface area contributed by atoms with Crippen LogP contribution in [0.3, 0.4) is 0 Å². The van der Waals surface area contributed by atoms with Gasteiger partial charge in [0.15, 0.2) is 0 Å². The Morgan fingerprint density at radius 3 is 2.54 bits per heavy atom. The molecule has 78 valence electrons.